The number of aliphatic hydroxyl groups is 1. The van der Waals surface area contributed by atoms with Gasteiger partial charge in [0, 0.05) is 41.6 Å². The van der Waals surface area contributed by atoms with Crippen molar-refractivity contribution < 1.29 is 5.11 Å². The Bertz CT molecular complexity index is 1570. The molecule has 8 heteroatoms. The quantitative estimate of drug-likeness (QED) is 0.287. The van der Waals surface area contributed by atoms with E-state index in [1.165, 1.54) is 37.9 Å². The van der Waals surface area contributed by atoms with Crippen molar-refractivity contribution in [3.05, 3.63) is 60.2 Å². The van der Waals surface area contributed by atoms with Crippen molar-refractivity contribution in [3.63, 3.8) is 0 Å². The van der Waals surface area contributed by atoms with Crippen molar-refractivity contribution >= 4 is 21.9 Å². The molecule has 1 aliphatic carbocycles. The molecule has 1 aliphatic heterocycles. The highest BCUT2D eigenvalue weighted by atomic mass is 16.3. The van der Waals surface area contributed by atoms with E-state index < -0.39 is 0 Å². The Morgan fingerprint density at radius 2 is 1.71 bits per heavy atom. The lowest BCUT2D eigenvalue weighted by atomic mass is 9.83. The maximum Gasteiger partial charge on any atom is 0.159 e. The van der Waals surface area contributed by atoms with Crippen molar-refractivity contribution in [2.75, 3.05) is 13.1 Å². The van der Waals surface area contributed by atoms with Crippen LogP contribution in [0.15, 0.2) is 49.1 Å². The maximum absolute atomic E-state index is 9.96. The molecule has 194 valence electrons. The lowest BCUT2D eigenvalue weighted by Gasteiger charge is -2.26. The minimum atomic E-state index is -0.182. The van der Waals surface area contributed by atoms with Gasteiger partial charge in [-0.05, 0) is 86.9 Å². The van der Waals surface area contributed by atoms with Crippen LogP contribution in [-0.4, -0.2) is 59.3 Å². The molecular weight excluding hydrogens is 474 g/mol. The highest BCUT2D eigenvalue weighted by molar-refractivity contribution is 5.95. The molecule has 3 N–H and O–H groups in total. The summed E-state index contributed by atoms with van der Waals surface area (Å²) >= 11 is 0. The third kappa shape index (κ3) is 4.48. The summed E-state index contributed by atoms with van der Waals surface area (Å²) in [5.74, 6) is 1.11. The van der Waals surface area contributed by atoms with E-state index in [1.807, 2.05) is 24.8 Å². The van der Waals surface area contributed by atoms with Crippen LogP contribution < -0.4 is 0 Å². The van der Waals surface area contributed by atoms with Gasteiger partial charge in [-0.2, -0.15) is 5.10 Å². The van der Waals surface area contributed by atoms with Crippen LogP contribution in [-0.2, 0) is 6.54 Å². The second kappa shape index (κ2) is 9.93. The van der Waals surface area contributed by atoms with Crippen molar-refractivity contribution in [2.24, 2.45) is 0 Å². The number of hydrogen-bond acceptors (Lipinski definition) is 6. The summed E-state index contributed by atoms with van der Waals surface area (Å²) in [6.45, 7) is 3.30. The molecular formula is C30H33N7O. The van der Waals surface area contributed by atoms with Gasteiger partial charge in [0.1, 0.15) is 5.69 Å². The van der Waals surface area contributed by atoms with Gasteiger partial charge in [0.15, 0.2) is 5.82 Å². The molecule has 38 heavy (non-hydrogen) atoms. The highest BCUT2D eigenvalue weighted by Crippen LogP contribution is 2.37. The number of imidazole rings is 1. The molecule has 5 heterocycles. The van der Waals surface area contributed by atoms with Gasteiger partial charge < -0.3 is 10.1 Å². The lowest BCUT2D eigenvalue weighted by molar-refractivity contribution is 0.122. The van der Waals surface area contributed by atoms with E-state index in [9.17, 15) is 5.11 Å². The summed E-state index contributed by atoms with van der Waals surface area (Å²) in [7, 11) is 0. The number of likely N-dealkylation sites (tertiary alicyclic amines) is 1. The third-order valence-corrected chi connectivity index (χ3v) is 8.33. The Morgan fingerprint density at radius 3 is 2.58 bits per heavy atom. The fourth-order valence-corrected chi connectivity index (χ4v) is 6.23. The lowest BCUT2D eigenvalue weighted by Crippen LogP contribution is -2.29. The normalized spacial score (nSPS) is 20.9. The van der Waals surface area contributed by atoms with Gasteiger partial charge in [0.25, 0.3) is 0 Å². The molecule has 1 saturated carbocycles. The number of nitrogens with zero attached hydrogens (tertiary/aromatic N) is 5. The van der Waals surface area contributed by atoms with Gasteiger partial charge in [0.2, 0.25) is 0 Å². The predicted octanol–water partition coefficient (Wildman–Crippen LogP) is 5.57. The first-order chi connectivity index (χ1) is 18.7. The van der Waals surface area contributed by atoms with E-state index in [2.05, 4.69) is 54.3 Å². The van der Waals surface area contributed by atoms with Gasteiger partial charge in [-0.3, -0.25) is 20.0 Å². The van der Waals surface area contributed by atoms with Gasteiger partial charge in [-0.1, -0.05) is 12.5 Å². The van der Waals surface area contributed by atoms with Gasteiger partial charge >= 0.3 is 0 Å². The molecule has 0 amide bonds. The molecule has 0 radical (unpaired) electrons. The Hall–Kier alpha value is -3.62. The van der Waals surface area contributed by atoms with Crippen LogP contribution in [0.4, 0.5) is 0 Å². The summed E-state index contributed by atoms with van der Waals surface area (Å²) in [6.07, 6.45) is 15.0. The summed E-state index contributed by atoms with van der Waals surface area (Å²) in [5.41, 5.74) is 8.31. The second-order valence-corrected chi connectivity index (χ2v) is 11.0. The Balaban J connectivity index is 1.22. The fraction of sp³-hybridized carbons (Fsp3) is 0.400. The molecule has 2 fully saturated rings. The molecule has 8 nitrogen and oxygen atoms in total. The molecule has 4 aromatic heterocycles. The predicted molar refractivity (Wildman–Crippen MR) is 149 cm³/mol. The number of aromatic amines is 2. The van der Waals surface area contributed by atoms with E-state index in [4.69, 9.17) is 4.98 Å². The van der Waals surface area contributed by atoms with Crippen molar-refractivity contribution in [1.29, 1.82) is 0 Å². The first-order valence-corrected chi connectivity index (χ1v) is 13.9. The number of nitrogens with one attached hydrogen (secondary N) is 2. The number of rotatable bonds is 5. The van der Waals surface area contributed by atoms with Crippen molar-refractivity contribution in [2.45, 2.75) is 63.5 Å². The van der Waals surface area contributed by atoms with Gasteiger partial charge in [0.05, 0.1) is 28.9 Å². The first-order valence-electron chi connectivity index (χ1n) is 13.9. The van der Waals surface area contributed by atoms with Gasteiger partial charge in [-0.15, -0.1) is 0 Å². The highest BCUT2D eigenvalue weighted by Gasteiger charge is 2.24. The van der Waals surface area contributed by atoms with Gasteiger partial charge in [-0.25, -0.2) is 4.98 Å². The maximum atomic E-state index is 9.96. The van der Waals surface area contributed by atoms with Crippen LogP contribution in [0.5, 0.6) is 0 Å². The summed E-state index contributed by atoms with van der Waals surface area (Å²) < 4.78 is 0. The number of fused-ring (bicyclic) bond motifs is 2. The van der Waals surface area contributed by atoms with E-state index >= 15 is 0 Å². The number of aliphatic hydroxyl groups excluding tert-OH is 1. The number of pyridine rings is 2. The number of aromatic nitrogens is 6. The third-order valence-electron chi connectivity index (χ3n) is 8.33. The van der Waals surface area contributed by atoms with Crippen LogP contribution in [0.1, 0.15) is 62.0 Å². The zero-order valence-corrected chi connectivity index (χ0v) is 21.5. The number of piperidine rings is 1. The number of H-pyrrole nitrogens is 2. The van der Waals surface area contributed by atoms with Crippen LogP contribution in [0.25, 0.3) is 44.6 Å². The van der Waals surface area contributed by atoms with Crippen molar-refractivity contribution in [1.82, 2.24) is 35.0 Å². The summed E-state index contributed by atoms with van der Waals surface area (Å²) in [4.78, 5) is 20.1. The smallest absolute Gasteiger partial charge is 0.159 e. The van der Waals surface area contributed by atoms with Crippen molar-refractivity contribution in [3.8, 4) is 22.6 Å². The summed E-state index contributed by atoms with van der Waals surface area (Å²) in [5, 5.41) is 18.8. The molecule has 0 atom stereocenters. The van der Waals surface area contributed by atoms with E-state index in [0.29, 0.717) is 5.92 Å². The zero-order valence-electron chi connectivity index (χ0n) is 21.5. The second-order valence-electron chi connectivity index (χ2n) is 11.0. The average molecular weight is 508 g/mol. The van der Waals surface area contributed by atoms with E-state index in [0.717, 1.165) is 82.4 Å². The van der Waals surface area contributed by atoms with Crippen LogP contribution >= 0.6 is 0 Å². The average Bonchev–Trinajstić information content (AvgIpc) is 3.58. The molecule has 1 aromatic carbocycles. The molecule has 7 rings (SSSR count). The minimum Gasteiger partial charge on any atom is -0.393 e. The molecule has 2 aliphatic rings. The molecule has 0 unspecified atom stereocenters. The largest absolute Gasteiger partial charge is 0.393 e. The molecule has 5 aromatic rings. The standard InChI is InChI=1S/C30H33N7O/c38-23-7-4-20(5-8-23)25-16-32-17-27-28(25)34-30(33-27)29-24-13-21(6-9-26(24)35-36-29)22-12-19(14-31-15-22)18-37-10-2-1-3-11-37/h6,9,12-17,20,23,38H,1-5,7-8,10-11,18H2,(H,33,34)(H,35,36). The first kappa shape index (κ1) is 23.5. The zero-order chi connectivity index (χ0) is 25.5. The Morgan fingerprint density at radius 1 is 0.868 bits per heavy atom. The Kier molecular flexibility index (Phi) is 6.14. The monoisotopic (exact) mass is 507 g/mol. The number of benzene rings is 1. The van der Waals surface area contributed by atoms with E-state index in [-0.39, 0.29) is 6.10 Å². The molecule has 1 saturated heterocycles. The fourth-order valence-electron chi connectivity index (χ4n) is 6.23. The van der Waals surface area contributed by atoms with Crippen LogP contribution in [0, 0.1) is 0 Å². The van der Waals surface area contributed by atoms with Crippen LogP contribution in [0.3, 0.4) is 0 Å². The summed E-state index contributed by atoms with van der Waals surface area (Å²) in [6, 6.07) is 8.67. The SMILES string of the molecule is OC1CCC(c2cncc3[nH]c(-c4n[nH]c5ccc(-c6cncc(CN7CCCCC7)c6)cc45)nc23)CC1. The van der Waals surface area contributed by atoms with Crippen LogP contribution in [0.2, 0.25) is 0 Å². The molecule has 0 bridgehead atoms. The topological polar surface area (TPSA) is 107 Å². The minimum absolute atomic E-state index is 0.182. The molecule has 0 spiro atoms. The van der Waals surface area contributed by atoms with E-state index in [1.54, 1.807) is 0 Å². The Labute approximate surface area is 221 Å². The number of hydrogen-bond donors (Lipinski definition) is 3.